The Balaban J connectivity index is 1.99. The second kappa shape index (κ2) is 9.06. The number of aromatic nitrogens is 2. The normalized spacial score (nSPS) is 11.2. The molecule has 0 aliphatic heterocycles. The number of ether oxygens (including phenoxy) is 1. The number of nitrogens with one attached hydrogen (secondary N) is 2. The predicted octanol–water partition coefficient (Wildman–Crippen LogP) is 4.55. The van der Waals surface area contributed by atoms with Crippen LogP contribution in [0.5, 0.6) is 11.5 Å². The first kappa shape index (κ1) is 21.5. The molecule has 0 amide bonds. The van der Waals surface area contributed by atoms with E-state index in [1.807, 2.05) is 0 Å². The summed E-state index contributed by atoms with van der Waals surface area (Å²) in [7, 11) is 0. The van der Waals surface area contributed by atoms with Gasteiger partial charge >= 0.3 is 6.36 Å². The molecule has 0 atom stereocenters. The van der Waals surface area contributed by atoms with Gasteiger partial charge in [0.05, 0.1) is 18.0 Å². The number of nitrogens with zero attached hydrogens (tertiary/aromatic N) is 2. The van der Waals surface area contributed by atoms with Gasteiger partial charge in [0, 0.05) is 23.2 Å². The summed E-state index contributed by atoms with van der Waals surface area (Å²) < 4.78 is 41.5. The van der Waals surface area contributed by atoms with E-state index in [0.29, 0.717) is 10.6 Å². The van der Waals surface area contributed by atoms with E-state index in [1.165, 1.54) is 42.5 Å². The van der Waals surface area contributed by atoms with Crippen LogP contribution in [-0.4, -0.2) is 39.7 Å². The third kappa shape index (κ3) is 5.88. The lowest BCUT2D eigenvalue weighted by molar-refractivity contribution is -0.274. The molecule has 4 N–H and O–H groups in total. The average Bonchev–Trinajstić information content (AvgIpc) is 2.68. The van der Waals surface area contributed by atoms with Crippen molar-refractivity contribution < 1.29 is 28.1 Å². The highest BCUT2D eigenvalue weighted by Crippen LogP contribution is 2.32. The van der Waals surface area contributed by atoms with Gasteiger partial charge in [-0.2, -0.15) is 4.98 Å². The molecule has 11 heteroatoms. The number of alkyl halides is 3. The Kier molecular flexibility index (Phi) is 6.48. The second-order valence-corrected chi connectivity index (χ2v) is 6.41. The van der Waals surface area contributed by atoms with Gasteiger partial charge in [-0.25, -0.2) is 4.98 Å². The minimum atomic E-state index is -4.82. The third-order valence-electron chi connectivity index (χ3n) is 3.71. The minimum Gasteiger partial charge on any atom is -0.506 e. The van der Waals surface area contributed by atoms with Gasteiger partial charge in [-0.1, -0.05) is 23.7 Å². The van der Waals surface area contributed by atoms with Crippen molar-refractivity contribution in [1.29, 1.82) is 0 Å². The van der Waals surface area contributed by atoms with E-state index in [-0.39, 0.29) is 42.0 Å². The van der Waals surface area contributed by atoms with E-state index in [1.54, 1.807) is 6.07 Å². The number of aliphatic hydroxyl groups excluding tert-OH is 1. The molecule has 158 valence electrons. The number of phenolic OH excluding ortho intramolecular Hbond substituents is 1. The van der Waals surface area contributed by atoms with Crippen LogP contribution in [0.1, 0.15) is 0 Å². The van der Waals surface area contributed by atoms with Gasteiger partial charge in [-0.15, -0.1) is 13.2 Å². The number of hydrogen-bond donors (Lipinski definition) is 4. The maximum absolute atomic E-state index is 12.5. The van der Waals surface area contributed by atoms with Crippen molar-refractivity contribution in [3.63, 3.8) is 0 Å². The minimum absolute atomic E-state index is 0.0787. The van der Waals surface area contributed by atoms with E-state index in [2.05, 4.69) is 25.3 Å². The highest BCUT2D eigenvalue weighted by Gasteiger charge is 2.31. The van der Waals surface area contributed by atoms with Crippen molar-refractivity contribution >= 4 is 29.1 Å². The zero-order chi connectivity index (χ0) is 21.7. The molecule has 0 radical (unpaired) electrons. The molecule has 0 saturated heterocycles. The first-order chi connectivity index (χ1) is 14.2. The number of benzene rings is 2. The molecule has 0 unspecified atom stereocenters. The molecule has 7 nitrogen and oxygen atoms in total. The standard InChI is InChI=1S/C19H16ClF3N4O3/c20-12-4-5-16(29)15(9-12)25-17-10-14(26-18(27-17)24-6-7-28)11-2-1-3-13(8-11)30-19(21,22)23/h1-5,8-10,28-29H,6-7H2,(H2,24,25,26,27). The lowest BCUT2D eigenvalue weighted by Gasteiger charge is -2.13. The number of aromatic hydroxyl groups is 1. The summed E-state index contributed by atoms with van der Waals surface area (Å²) in [5.41, 5.74) is 0.890. The van der Waals surface area contributed by atoms with Crippen molar-refractivity contribution in [2.45, 2.75) is 6.36 Å². The highest BCUT2D eigenvalue weighted by atomic mass is 35.5. The van der Waals surface area contributed by atoms with Crippen LogP contribution in [0.15, 0.2) is 48.5 Å². The zero-order valence-electron chi connectivity index (χ0n) is 15.2. The Hall–Kier alpha value is -3.24. The molecule has 0 aliphatic carbocycles. The molecule has 0 bridgehead atoms. The summed E-state index contributed by atoms with van der Waals surface area (Å²) in [6.45, 7) is -0.0249. The van der Waals surface area contributed by atoms with Crippen LogP contribution in [0.2, 0.25) is 5.02 Å². The molecular weight excluding hydrogens is 425 g/mol. The number of halogens is 4. The fourth-order valence-corrected chi connectivity index (χ4v) is 2.68. The molecule has 3 rings (SSSR count). The van der Waals surface area contributed by atoms with Crippen LogP contribution in [0.25, 0.3) is 11.3 Å². The molecule has 1 aromatic heterocycles. The fourth-order valence-electron chi connectivity index (χ4n) is 2.50. The van der Waals surface area contributed by atoms with Gasteiger partial charge in [0.1, 0.15) is 17.3 Å². The van der Waals surface area contributed by atoms with Crippen molar-refractivity contribution in [3.8, 4) is 22.8 Å². The number of hydrogen-bond acceptors (Lipinski definition) is 7. The van der Waals surface area contributed by atoms with Crippen LogP contribution in [-0.2, 0) is 0 Å². The van der Waals surface area contributed by atoms with E-state index >= 15 is 0 Å². The molecule has 2 aromatic carbocycles. The van der Waals surface area contributed by atoms with Gasteiger partial charge < -0.3 is 25.6 Å². The van der Waals surface area contributed by atoms with E-state index in [0.717, 1.165) is 0 Å². The number of phenols is 1. The lowest BCUT2D eigenvalue weighted by atomic mass is 10.1. The van der Waals surface area contributed by atoms with Crippen LogP contribution in [0.4, 0.5) is 30.6 Å². The molecule has 3 aromatic rings. The lowest BCUT2D eigenvalue weighted by Crippen LogP contribution is -2.17. The maximum atomic E-state index is 12.5. The smallest absolute Gasteiger partial charge is 0.506 e. The summed E-state index contributed by atoms with van der Waals surface area (Å²) in [6, 6.07) is 11.2. The average molecular weight is 441 g/mol. The van der Waals surface area contributed by atoms with Crippen LogP contribution >= 0.6 is 11.6 Å². The van der Waals surface area contributed by atoms with E-state index < -0.39 is 12.1 Å². The summed E-state index contributed by atoms with van der Waals surface area (Å²) in [5.74, 6) is -0.122. The number of aliphatic hydroxyl groups is 1. The number of rotatable bonds is 7. The third-order valence-corrected chi connectivity index (χ3v) is 3.94. The second-order valence-electron chi connectivity index (χ2n) is 5.97. The maximum Gasteiger partial charge on any atom is 0.573 e. The zero-order valence-corrected chi connectivity index (χ0v) is 16.0. The molecule has 1 heterocycles. The van der Waals surface area contributed by atoms with Crippen molar-refractivity contribution in [2.24, 2.45) is 0 Å². The molecule has 0 fully saturated rings. The van der Waals surface area contributed by atoms with Crippen LogP contribution < -0.4 is 15.4 Å². The molecular formula is C19H16ClF3N4O3. The Labute approximate surface area is 174 Å². The van der Waals surface area contributed by atoms with Crippen molar-refractivity contribution in [1.82, 2.24) is 9.97 Å². The molecule has 30 heavy (non-hydrogen) atoms. The van der Waals surface area contributed by atoms with Crippen LogP contribution in [0, 0.1) is 0 Å². The van der Waals surface area contributed by atoms with Gasteiger partial charge in [0.25, 0.3) is 0 Å². The predicted molar refractivity (Wildman–Crippen MR) is 106 cm³/mol. The fraction of sp³-hybridized carbons (Fsp3) is 0.158. The van der Waals surface area contributed by atoms with Gasteiger partial charge in [0.15, 0.2) is 0 Å². The topological polar surface area (TPSA) is 99.5 Å². The first-order valence-electron chi connectivity index (χ1n) is 8.59. The summed E-state index contributed by atoms with van der Waals surface area (Å²) >= 11 is 5.95. The quantitative estimate of drug-likeness (QED) is 0.400. The van der Waals surface area contributed by atoms with Gasteiger partial charge in [0.2, 0.25) is 5.95 Å². The SMILES string of the molecule is OCCNc1nc(Nc2cc(Cl)ccc2O)cc(-c2cccc(OC(F)(F)F)c2)n1. The Bertz CT molecular complexity index is 1030. The van der Waals surface area contributed by atoms with Crippen molar-refractivity contribution in [2.75, 3.05) is 23.8 Å². The van der Waals surface area contributed by atoms with Gasteiger partial charge in [-0.3, -0.25) is 0 Å². The summed E-state index contributed by atoms with van der Waals surface area (Å²) in [4.78, 5) is 8.50. The van der Waals surface area contributed by atoms with Crippen molar-refractivity contribution in [3.05, 3.63) is 53.6 Å². The number of anilines is 3. The van der Waals surface area contributed by atoms with E-state index in [9.17, 15) is 18.3 Å². The Morgan fingerprint density at radius 3 is 2.60 bits per heavy atom. The Morgan fingerprint density at radius 2 is 1.87 bits per heavy atom. The first-order valence-corrected chi connectivity index (χ1v) is 8.97. The summed E-state index contributed by atoms with van der Waals surface area (Å²) in [5, 5.41) is 25.1. The molecule has 0 spiro atoms. The van der Waals surface area contributed by atoms with E-state index in [4.69, 9.17) is 16.7 Å². The van der Waals surface area contributed by atoms with Crippen LogP contribution in [0.3, 0.4) is 0 Å². The summed E-state index contributed by atoms with van der Waals surface area (Å²) in [6.07, 6.45) is -4.82. The van der Waals surface area contributed by atoms with Gasteiger partial charge in [-0.05, 0) is 30.3 Å². The monoisotopic (exact) mass is 440 g/mol. The molecule has 0 aliphatic rings. The highest BCUT2D eigenvalue weighted by molar-refractivity contribution is 6.31. The Morgan fingerprint density at radius 1 is 1.07 bits per heavy atom. The molecule has 0 saturated carbocycles. The largest absolute Gasteiger partial charge is 0.573 e.